The van der Waals surface area contributed by atoms with Gasteiger partial charge >= 0.3 is 5.97 Å². The lowest BCUT2D eigenvalue weighted by molar-refractivity contribution is 0.0140. The van der Waals surface area contributed by atoms with E-state index in [1.807, 2.05) is 0 Å². The Morgan fingerprint density at radius 3 is 2.67 bits per heavy atom. The molecule has 18 heavy (non-hydrogen) atoms. The summed E-state index contributed by atoms with van der Waals surface area (Å²) in [6.45, 7) is 0.555. The Kier molecular flexibility index (Phi) is 5.08. The monoisotopic (exact) mass is 254 g/mol. The Labute approximate surface area is 105 Å². The number of aliphatic hydroxyl groups excluding tert-OH is 2. The third-order valence-corrected chi connectivity index (χ3v) is 2.70. The first-order valence-electron chi connectivity index (χ1n) is 5.60. The van der Waals surface area contributed by atoms with E-state index in [0.29, 0.717) is 18.5 Å². The number of carboxylic acid groups (broad SMARTS) is 1. The van der Waals surface area contributed by atoms with Crippen molar-refractivity contribution in [3.05, 3.63) is 29.3 Å². The van der Waals surface area contributed by atoms with Crippen molar-refractivity contribution in [3.8, 4) is 0 Å². The number of rotatable bonds is 6. The van der Waals surface area contributed by atoms with Gasteiger partial charge in [-0.15, -0.1) is 0 Å². The summed E-state index contributed by atoms with van der Waals surface area (Å²) in [4.78, 5) is 10.9. The van der Waals surface area contributed by atoms with Gasteiger partial charge in [-0.25, -0.2) is 4.79 Å². The lowest BCUT2D eigenvalue weighted by atomic mass is 9.99. The van der Waals surface area contributed by atoms with Crippen molar-refractivity contribution in [3.63, 3.8) is 0 Å². The first-order chi connectivity index (χ1) is 8.47. The summed E-state index contributed by atoms with van der Waals surface area (Å²) in [5.41, 5.74) is 5.90. The minimum atomic E-state index is -1.16. The van der Waals surface area contributed by atoms with Gasteiger partial charge < -0.3 is 26.4 Å². The largest absolute Gasteiger partial charge is 0.478 e. The summed E-state index contributed by atoms with van der Waals surface area (Å²) < 4.78 is 0. The third kappa shape index (κ3) is 3.43. The maximum absolute atomic E-state index is 10.9. The summed E-state index contributed by atoms with van der Waals surface area (Å²) in [5.74, 6) is -1.16. The van der Waals surface area contributed by atoms with Crippen LogP contribution in [0.5, 0.6) is 0 Å². The highest BCUT2D eigenvalue weighted by atomic mass is 16.4. The standard InChI is InChI=1S/C12H18N2O4/c1-14-5-4-10(15)11(16)7-2-3-9(13)8(6-7)12(17)18/h2-3,6,10-11,14-16H,4-5,13H2,1H3,(H,17,18). The molecule has 0 aliphatic rings. The van der Waals surface area contributed by atoms with Crippen LogP contribution in [0.15, 0.2) is 18.2 Å². The summed E-state index contributed by atoms with van der Waals surface area (Å²) in [6, 6.07) is 4.20. The predicted octanol–water partition coefficient (Wildman–Crippen LogP) is -0.0292. The van der Waals surface area contributed by atoms with Gasteiger partial charge in [-0.1, -0.05) is 6.07 Å². The molecule has 0 fully saturated rings. The molecule has 0 saturated heterocycles. The Morgan fingerprint density at radius 2 is 2.11 bits per heavy atom. The van der Waals surface area contributed by atoms with Crippen LogP contribution in [0.25, 0.3) is 0 Å². The van der Waals surface area contributed by atoms with E-state index < -0.39 is 18.2 Å². The van der Waals surface area contributed by atoms with Crippen LogP contribution in [-0.2, 0) is 0 Å². The van der Waals surface area contributed by atoms with Crippen LogP contribution in [0.4, 0.5) is 5.69 Å². The van der Waals surface area contributed by atoms with Crippen molar-refractivity contribution in [1.29, 1.82) is 0 Å². The lowest BCUT2D eigenvalue weighted by Gasteiger charge is -2.18. The smallest absolute Gasteiger partial charge is 0.337 e. The zero-order chi connectivity index (χ0) is 13.7. The molecule has 6 heteroatoms. The molecular weight excluding hydrogens is 236 g/mol. The maximum atomic E-state index is 10.9. The number of nitrogen functional groups attached to an aromatic ring is 1. The first-order valence-corrected chi connectivity index (χ1v) is 5.60. The number of aromatic carboxylic acids is 1. The molecule has 1 aromatic carbocycles. The van der Waals surface area contributed by atoms with E-state index in [1.165, 1.54) is 18.2 Å². The van der Waals surface area contributed by atoms with Gasteiger partial charge in [0.05, 0.1) is 11.7 Å². The second-order valence-electron chi connectivity index (χ2n) is 4.06. The molecule has 6 nitrogen and oxygen atoms in total. The Balaban J connectivity index is 2.89. The zero-order valence-corrected chi connectivity index (χ0v) is 10.1. The number of nitrogens with two attached hydrogens (primary N) is 1. The molecule has 6 N–H and O–H groups in total. The van der Waals surface area contributed by atoms with Crippen LogP contribution < -0.4 is 11.1 Å². The van der Waals surface area contributed by atoms with Crippen molar-refractivity contribution in [2.24, 2.45) is 0 Å². The predicted molar refractivity (Wildman–Crippen MR) is 67.3 cm³/mol. The highest BCUT2D eigenvalue weighted by Crippen LogP contribution is 2.23. The Morgan fingerprint density at radius 1 is 1.44 bits per heavy atom. The number of carbonyl (C=O) groups is 1. The minimum Gasteiger partial charge on any atom is -0.478 e. The van der Waals surface area contributed by atoms with Crippen molar-refractivity contribution < 1.29 is 20.1 Å². The van der Waals surface area contributed by atoms with Crippen molar-refractivity contribution in [2.45, 2.75) is 18.6 Å². The summed E-state index contributed by atoms with van der Waals surface area (Å²) in [7, 11) is 1.74. The van der Waals surface area contributed by atoms with Crippen LogP contribution in [0, 0.1) is 0 Å². The van der Waals surface area contributed by atoms with Crippen molar-refractivity contribution in [1.82, 2.24) is 5.32 Å². The SMILES string of the molecule is CNCCC(O)C(O)c1ccc(N)c(C(=O)O)c1. The molecule has 0 spiro atoms. The Hall–Kier alpha value is -1.63. The van der Waals surface area contributed by atoms with Crippen LogP contribution >= 0.6 is 0 Å². The number of nitrogens with one attached hydrogen (secondary N) is 1. The number of anilines is 1. The molecule has 1 rings (SSSR count). The highest BCUT2D eigenvalue weighted by molar-refractivity contribution is 5.93. The van der Waals surface area contributed by atoms with E-state index in [9.17, 15) is 15.0 Å². The van der Waals surface area contributed by atoms with Crippen molar-refractivity contribution >= 4 is 11.7 Å². The fourth-order valence-corrected chi connectivity index (χ4v) is 1.62. The van der Waals surface area contributed by atoms with E-state index >= 15 is 0 Å². The molecule has 2 atom stereocenters. The molecule has 2 unspecified atom stereocenters. The number of carboxylic acids is 1. The van der Waals surface area contributed by atoms with Crippen molar-refractivity contribution in [2.75, 3.05) is 19.3 Å². The van der Waals surface area contributed by atoms with E-state index in [4.69, 9.17) is 10.8 Å². The quantitative estimate of drug-likeness (QED) is 0.455. The van der Waals surface area contributed by atoms with Gasteiger partial charge in [0.2, 0.25) is 0 Å². The van der Waals surface area contributed by atoms with Gasteiger partial charge in [0, 0.05) is 5.69 Å². The second kappa shape index (κ2) is 6.34. The third-order valence-electron chi connectivity index (χ3n) is 2.70. The fourth-order valence-electron chi connectivity index (χ4n) is 1.62. The topological polar surface area (TPSA) is 116 Å². The normalized spacial score (nSPS) is 14.2. The fraction of sp³-hybridized carbons (Fsp3) is 0.417. The van der Waals surface area contributed by atoms with Crippen LogP contribution in [0.1, 0.15) is 28.4 Å². The molecular formula is C12H18N2O4. The first kappa shape index (κ1) is 14.4. The number of hydrogen-bond acceptors (Lipinski definition) is 5. The van der Waals surface area contributed by atoms with Gasteiger partial charge in [-0.05, 0) is 37.7 Å². The van der Waals surface area contributed by atoms with Crippen LogP contribution in [-0.4, -0.2) is 41.0 Å². The maximum Gasteiger partial charge on any atom is 0.337 e. The molecule has 0 radical (unpaired) electrons. The minimum absolute atomic E-state index is 0.0765. The molecule has 0 saturated carbocycles. The molecule has 1 aromatic rings. The molecule has 100 valence electrons. The highest BCUT2D eigenvalue weighted by Gasteiger charge is 2.20. The molecule has 0 aromatic heterocycles. The average molecular weight is 254 g/mol. The van der Waals surface area contributed by atoms with Gasteiger partial charge in [0.25, 0.3) is 0 Å². The molecule has 0 heterocycles. The van der Waals surface area contributed by atoms with Crippen LogP contribution in [0.3, 0.4) is 0 Å². The Bertz CT molecular complexity index is 423. The molecule has 0 bridgehead atoms. The summed E-state index contributed by atoms with van der Waals surface area (Å²) in [6.07, 6.45) is -1.72. The number of aliphatic hydroxyl groups is 2. The number of benzene rings is 1. The molecule has 0 aliphatic carbocycles. The van der Waals surface area contributed by atoms with E-state index in [-0.39, 0.29) is 11.3 Å². The summed E-state index contributed by atoms with van der Waals surface area (Å²) >= 11 is 0. The second-order valence-corrected chi connectivity index (χ2v) is 4.06. The zero-order valence-electron chi connectivity index (χ0n) is 10.1. The van der Waals surface area contributed by atoms with E-state index in [0.717, 1.165) is 0 Å². The van der Waals surface area contributed by atoms with E-state index in [2.05, 4.69) is 5.32 Å². The van der Waals surface area contributed by atoms with Gasteiger partial charge in [-0.2, -0.15) is 0 Å². The molecule has 0 aliphatic heterocycles. The van der Waals surface area contributed by atoms with Gasteiger partial charge in [0.15, 0.2) is 0 Å². The van der Waals surface area contributed by atoms with Gasteiger partial charge in [-0.3, -0.25) is 0 Å². The molecule has 0 amide bonds. The van der Waals surface area contributed by atoms with Gasteiger partial charge in [0.1, 0.15) is 6.10 Å². The van der Waals surface area contributed by atoms with Crippen LogP contribution in [0.2, 0.25) is 0 Å². The summed E-state index contributed by atoms with van der Waals surface area (Å²) in [5, 5.41) is 31.4. The average Bonchev–Trinajstić information content (AvgIpc) is 2.35. The lowest BCUT2D eigenvalue weighted by Crippen LogP contribution is -2.23. The van der Waals surface area contributed by atoms with E-state index in [1.54, 1.807) is 7.05 Å². The number of hydrogen-bond donors (Lipinski definition) is 5.